The molecular weight excluding hydrogens is 254 g/mol. The van der Waals surface area contributed by atoms with Crippen LogP contribution in [0, 0.1) is 0 Å². The van der Waals surface area contributed by atoms with Gasteiger partial charge >= 0.3 is 0 Å². The summed E-state index contributed by atoms with van der Waals surface area (Å²) in [4.78, 5) is 15.5. The molecule has 0 saturated heterocycles. The van der Waals surface area contributed by atoms with Crippen molar-refractivity contribution in [2.75, 3.05) is 0 Å². The maximum absolute atomic E-state index is 11.6. The monoisotopic (exact) mass is 265 g/mol. The van der Waals surface area contributed by atoms with Gasteiger partial charge in [0, 0.05) is 11.6 Å². The molecule has 98 valence electrons. The predicted octanol–water partition coefficient (Wildman–Crippen LogP) is 3.47. The highest BCUT2D eigenvalue weighted by Crippen LogP contribution is 2.17. The Balaban J connectivity index is 1.97. The number of nitrogens with zero attached hydrogens (tertiary/aromatic N) is 1. The molecule has 0 bridgehead atoms. The lowest BCUT2D eigenvalue weighted by Gasteiger charge is -2.00. The Kier molecular flexibility index (Phi) is 3.29. The fraction of sp³-hybridized carbons (Fsp3) is 0. The molecule has 2 aromatic heterocycles. The summed E-state index contributed by atoms with van der Waals surface area (Å²) in [5, 5.41) is 0. The zero-order chi connectivity index (χ0) is 13.8. The SMILES string of the molecule is O=c1cc(C=Cc2ccco2)oc(-c2ccccc2)n1. The van der Waals surface area contributed by atoms with Gasteiger partial charge in [-0.1, -0.05) is 18.2 Å². The van der Waals surface area contributed by atoms with Crippen LogP contribution in [0.2, 0.25) is 0 Å². The summed E-state index contributed by atoms with van der Waals surface area (Å²) in [6, 6.07) is 14.2. The molecule has 3 rings (SSSR count). The van der Waals surface area contributed by atoms with Gasteiger partial charge < -0.3 is 8.83 Å². The van der Waals surface area contributed by atoms with Gasteiger partial charge in [0.25, 0.3) is 5.56 Å². The van der Waals surface area contributed by atoms with E-state index in [2.05, 4.69) is 4.98 Å². The summed E-state index contributed by atoms with van der Waals surface area (Å²) in [5.74, 6) is 1.42. The number of benzene rings is 1. The molecule has 1 aromatic carbocycles. The number of furan rings is 1. The molecular formula is C16H11NO3. The van der Waals surface area contributed by atoms with Gasteiger partial charge in [-0.25, -0.2) is 0 Å². The minimum absolute atomic E-state index is 0.303. The molecule has 0 N–H and O–H groups in total. The van der Waals surface area contributed by atoms with Crippen molar-refractivity contribution >= 4 is 12.2 Å². The van der Waals surface area contributed by atoms with Gasteiger partial charge in [-0.05, 0) is 36.4 Å². The molecule has 2 heterocycles. The average molecular weight is 265 g/mol. The summed E-state index contributed by atoms with van der Waals surface area (Å²) < 4.78 is 10.8. The van der Waals surface area contributed by atoms with Crippen LogP contribution in [0.1, 0.15) is 11.5 Å². The van der Waals surface area contributed by atoms with Crippen molar-refractivity contribution in [1.82, 2.24) is 4.98 Å². The minimum atomic E-state index is -0.339. The van der Waals surface area contributed by atoms with Crippen LogP contribution in [0.3, 0.4) is 0 Å². The topological polar surface area (TPSA) is 56.2 Å². The summed E-state index contributed by atoms with van der Waals surface area (Å²) in [6.07, 6.45) is 4.99. The fourth-order valence-electron chi connectivity index (χ4n) is 1.75. The molecule has 0 aliphatic rings. The second kappa shape index (κ2) is 5.40. The third-order valence-electron chi connectivity index (χ3n) is 2.67. The fourth-order valence-corrected chi connectivity index (χ4v) is 1.75. The molecule has 0 aliphatic carbocycles. The van der Waals surface area contributed by atoms with E-state index >= 15 is 0 Å². The van der Waals surface area contributed by atoms with E-state index in [1.54, 1.807) is 24.5 Å². The zero-order valence-electron chi connectivity index (χ0n) is 10.5. The normalized spacial score (nSPS) is 11.0. The highest BCUT2D eigenvalue weighted by atomic mass is 16.3. The first-order valence-corrected chi connectivity index (χ1v) is 6.10. The van der Waals surface area contributed by atoms with E-state index in [-0.39, 0.29) is 5.56 Å². The number of rotatable bonds is 3. The molecule has 4 heteroatoms. The highest BCUT2D eigenvalue weighted by molar-refractivity contribution is 5.65. The average Bonchev–Trinajstić information content (AvgIpc) is 2.99. The van der Waals surface area contributed by atoms with Crippen LogP contribution < -0.4 is 5.56 Å². The van der Waals surface area contributed by atoms with E-state index in [9.17, 15) is 4.79 Å². The van der Waals surface area contributed by atoms with Crippen LogP contribution in [0.15, 0.2) is 68.4 Å². The van der Waals surface area contributed by atoms with Crippen LogP contribution in [0.5, 0.6) is 0 Å². The molecule has 0 fully saturated rings. The summed E-state index contributed by atoms with van der Waals surface area (Å²) in [6.45, 7) is 0. The quantitative estimate of drug-likeness (QED) is 0.727. The number of hydrogen-bond acceptors (Lipinski definition) is 4. The molecule has 0 unspecified atom stereocenters. The van der Waals surface area contributed by atoms with Crippen molar-refractivity contribution in [3.63, 3.8) is 0 Å². The number of hydrogen-bond donors (Lipinski definition) is 0. The highest BCUT2D eigenvalue weighted by Gasteiger charge is 2.04. The summed E-state index contributed by atoms with van der Waals surface area (Å²) >= 11 is 0. The van der Waals surface area contributed by atoms with Crippen molar-refractivity contribution in [2.45, 2.75) is 0 Å². The minimum Gasteiger partial charge on any atom is -0.465 e. The van der Waals surface area contributed by atoms with Crippen LogP contribution in [-0.2, 0) is 0 Å². The lowest BCUT2D eigenvalue weighted by Crippen LogP contribution is -2.05. The Hall–Kier alpha value is -2.88. The van der Waals surface area contributed by atoms with Crippen LogP contribution in [-0.4, -0.2) is 4.98 Å². The first-order chi connectivity index (χ1) is 9.81. The molecule has 0 amide bonds. The van der Waals surface area contributed by atoms with Crippen molar-refractivity contribution in [2.24, 2.45) is 0 Å². The molecule has 0 aliphatic heterocycles. The van der Waals surface area contributed by atoms with Gasteiger partial charge in [0.15, 0.2) is 0 Å². The Morgan fingerprint density at radius 1 is 0.950 bits per heavy atom. The Morgan fingerprint density at radius 3 is 2.50 bits per heavy atom. The van der Waals surface area contributed by atoms with Crippen molar-refractivity contribution in [1.29, 1.82) is 0 Å². The van der Waals surface area contributed by atoms with E-state index in [4.69, 9.17) is 8.83 Å². The molecule has 0 radical (unpaired) electrons. The lowest BCUT2D eigenvalue weighted by atomic mass is 10.2. The Morgan fingerprint density at radius 2 is 1.75 bits per heavy atom. The zero-order valence-corrected chi connectivity index (χ0v) is 10.5. The van der Waals surface area contributed by atoms with Crippen LogP contribution in [0.4, 0.5) is 0 Å². The van der Waals surface area contributed by atoms with Gasteiger partial charge in [0.2, 0.25) is 5.89 Å². The van der Waals surface area contributed by atoms with Gasteiger partial charge in [-0.2, -0.15) is 4.98 Å². The van der Waals surface area contributed by atoms with E-state index in [1.807, 2.05) is 36.4 Å². The van der Waals surface area contributed by atoms with E-state index < -0.39 is 0 Å². The predicted molar refractivity (Wildman–Crippen MR) is 75.8 cm³/mol. The lowest BCUT2D eigenvalue weighted by molar-refractivity contribution is 0.531. The van der Waals surface area contributed by atoms with E-state index in [1.165, 1.54) is 6.07 Å². The van der Waals surface area contributed by atoms with Crippen molar-refractivity contribution in [3.05, 3.63) is 76.7 Å². The molecule has 3 aromatic rings. The Labute approximate surface area is 115 Å². The smallest absolute Gasteiger partial charge is 0.276 e. The van der Waals surface area contributed by atoms with Gasteiger partial charge in [0.1, 0.15) is 11.5 Å². The maximum atomic E-state index is 11.6. The van der Waals surface area contributed by atoms with Crippen molar-refractivity contribution < 1.29 is 8.83 Å². The summed E-state index contributed by atoms with van der Waals surface area (Å²) in [5.41, 5.74) is 0.423. The van der Waals surface area contributed by atoms with Gasteiger partial charge in [0.05, 0.1) is 6.26 Å². The second-order valence-corrected chi connectivity index (χ2v) is 4.12. The molecule has 0 saturated carbocycles. The van der Waals surface area contributed by atoms with Crippen LogP contribution in [0.25, 0.3) is 23.6 Å². The van der Waals surface area contributed by atoms with Gasteiger partial charge in [-0.15, -0.1) is 0 Å². The molecule has 0 spiro atoms. The van der Waals surface area contributed by atoms with Crippen molar-refractivity contribution in [3.8, 4) is 11.5 Å². The third kappa shape index (κ3) is 2.75. The molecule has 20 heavy (non-hydrogen) atoms. The van der Waals surface area contributed by atoms with Gasteiger partial charge in [-0.3, -0.25) is 4.79 Å². The summed E-state index contributed by atoms with van der Waals surface area (Å²) in [7, 11) is 0. The molecule has 0 atom stereocenters. The van der Waals surface area contributed by atoms with E-state index in [0.717, 1.165) is 5.56 Å². The largest absolute Gasteiger partial charge is 0.465 e. The van der Waals surface area contributed by atoms with Crippen LogP contribution >= 0.6 is 0 Å². The molecule has 4 nitrogen and oxygen atoms in total. The Bertz CT molecular complexity index is 771. The second-order valence-electron chi connectivity index (χ2n) is 4.12. The first-order valence-electron chi connectivity index (χ1n) is 6.10. The van der Waals surface area contributed by atoms with E-state index in [0.29, 0.717) is 17.4 Å². The maximum Gasteiger partial charge on any atom is 0.276 e. The third-order valence-corrected chi connectivity index (χ3v) is 2.67. The standard InChI is InChI=1S/C16H11NO3/c18-15-11-14(9-8-13-7-4-10-19-13)20-16(17-15)12-5-2-1-3-6-12/h1-11H. The number of aromatic nitrogens is 1. The first kappa shape index (κ1) is 12.2.